The Morgan fingerprint density at radius 1 is 1.33 bits per heavy atom. The quantitative estimate of drug-likeness (QED) is 0.677. The maximum atomic E-state index is 6.10. The first kappa shape index (κ1) is 13.4. The lowest BCUT2D eigenvalue weighted by Gasteiger charge is -2.20. The van der Waals surface area contributed by atoms with E-state index in [9.17, 15) is 0 Å². The molecule has 1 aliphatic rings. The number of methoxy groups -OCH3 is 1. The van der Waals surface area contributed by atoms with Crippen molar-refractivity contribution in [3.05, 3.63) is 22.7 Å². The highest BCUT2D eigenvalue weighted by molar-refractivity contribution is 9.10. The normalized spacial score (nSPS) is 17.8. The molecule has 1 fully saturated rings. The van der Waals surface area contributed by atoms with Gasteiger partial charge >= 0.3 is 0 Å². The number of hydrogen-bond acceptors (Lipinski definition) is 2. The summed E-state index contributed by atoms with van der Waals surface area (Å²) in [6, 6.07) is 5.77. The Labute approximate surface area is 117 Å². The maximum Gasteiger partial charge on any atom is 0.133 e. The molecule has 0 heterocycles. The second kappa shape index (κ2) is 6.23. The molecule has 0 saturated heterocycles. The molecule has 0 amide bonds. The largest absolute Gasteiger partial charge is 0.496 e. The van der Waals surface area contributed by atoms with Gasteiger partial charge in [0.2, 0.25) is 0 Å². The van der Waals surface area contributed by atoms with Crippen LogP contribution in [0.3, 0.4) is 0 Å². The summed E-state index contributed by atoms with van der Waals surface area (Å²) < 4.78 is 6.10. The van der Waals surface area contributed by atoms with Gasteiger partial charge in [0.25, 0.3) is 0 Å². The van der Waals surface area contributed by atoms with E-state index in [2.05, 4.69) is 20.9 Å². The van der Waals surface area contributed by atoms with E-state index in [1.54, 1.807) is 7.11 Å². The van der Waals surface area contributed by atoms with Crippen LogP contribution in [0.25, 0.3) is 0 Å². The van der Waals surface area contributed by atoms with Gasteiger partial charge < -0.3 is 10.5 Å². The fourth-order valence-corrected chi connectivity index (χ4v) is 2.89. The Bertz CT molecular complexity index is 439. The highest BCUT2D eigenvalue weighted by atomic mass is 79.9. The SMILES string of the molecule is COc1ccc(N=C(N)C2CCCCC2)cc1Br. The molecule has 0 unspecified atom stereocenters. The molecular formula is C14H19BrN2O. The van der Waals surface area contributed by atoms with Gasteiger partial charge in [0.15, 0.2) is 0 Å². The summed E-state index contributed by atoms with van der Waals surface area (Å²) >= 11 is 3.46. The van der Waals surface area contributed by atoms with Crippen molar-refractivity contribution in [3.8, 4) is 5.75 Å². The van der Waals surface area contributed by atoms with E-state index < -0.39 is 0 Å². The van der Waals surface area contributed by atoms with Crippen LogP contribution in [0.5, 0.6) is 5.75 Å². The second-order valence-corrected chi connectivity index (χ2v) is 5.54. The Morgan fingerprint density at radius 2 is 2.06 bits per heavy atom. The first-order valence-corrected chi connectivity index (χ1v) is 7.17. The van der Waals surface area contributed by atoms with Crippen molar-refractivity contribution in [3.63, 3.8) is 0 Å². The molecule has 1 aliphatic carbocycles. The number of benzene rings is 1. The Hall–Kier alpha value is -1.03. The zero-order chi connectivity index (χ0) is 13.0. The van der Waals surface area contributed by atoms with Crippen LogP contribution in [0, 0.1) is 5.92 Å². The van der Waals surface area contributed by atoms with Gasteiger partial charge in [0.05, 0.1) is 17.3 Å². The molecule has 1 saturated carbocycles. The molecule has 0 aliphatic heterocycles. The molecule has 4 heteroatoms. The molecule has 98 valence electrons. The highest BCUT2D eigenvalue weighted by Crippen LogP contribution is 2.30. The Balaban J connectivity index is 2.13. The van der Waals surface area contributed by atoms with Crippen LogP contribution in [0.15, 0.2) is 27.7 Å². The monoisotopic (exact) mass is 310 g/mol. The van der Waals surface area contributed by atoms with Crippen molar-refractivity contribution < 1.29 is 4.74 Å². The van der Waals surface area contributed by atoms with Crippen LogP contribution in [0.2, 0.25) is 0 Å². The summed E-state index contributed by atoms with van der Waals surface area (Å²) in [6.45, 7) is 0. The van der Waals surface area contributed by atoms with Crippen molar-refractivity contribution in [1.82, 2.24) is 0 Å². The standard InChI is InChI=1S/C14H19BrN2O/c1-18-13-8-7-11(9-12(13)15)17-14(16)10-5-3-2-4-6-10/h7-10H,2-6H2,1H3,(H2,16,17). The minimum atomic E-state index is 0.458. The summed E-state index contributed by atoms with van der Waals surface area (Å²) in [5, 5.41) is 0. The molecule has 0 aromatic heterocycles. The van der Waals surface area contributed by atoms with Crippen LogP contribution in [0.4, 0.5) is 5.69 Å². The van der Waals surface area contributed by atoms with Crippen LogP contribution in [-0.2, 0) is 0 Å². The predicted molar refractivity (Wildman–Crippen MR) is 78.6 cm³/mol. The fourth-order valence-electron chi connectivity index (χ4n) is 2.36. The number of hydrogen-bond donors (Lipinski definition) is 1. The van der Waals surface area contributed by atoms with E-state index in [-0.39, 0.29) is 0 Å². The van der Waals surface area contributed by atoms with E-state index in [0.717, 1.165) is 21.7 Å². The first-order chi connectivity index (χ1) is 8.70. The van der Waals surface area contributed by atoms with E-state index in [0.29, 0.717) is 5.92 Å². The van der Waals surface area contributed by atoms with Gasteiger partial charge in [-0.15, -0.1) is 0 Å². The van der Waals surface area contributed by atoms with Crippen molar-refractivity contribution in [2.75, 3.05) is 7.11 Å². The summed E-state index contributed by atoms with van der Waals surface area (Å²) in [4.78, 5) is 4.53. The molecule has 0 spiro atoms. The van der Waals surface area contributed by atoms with Crippen LogP contribution >= 0.6 is 15.9 Å². The number of nitrogens with zero attached hydrogens (tertiary/aromatic N) is 1. The van der Waals surface area contributed by atoms with Gasteiger partial charge in [-0.25, -0.2) is 4.99 Å². The van der Waals surface area contributed by atoms with E-state index >= 15 is 0 Å². The number of halogens is 1. The molecule has 2 N–H and O–H groups in total. The Kier molecular flexibility index (Phi) is 4.64. The Morgan fingerprint density at radius 3 is 2.67 bits per heavy atom. The molecule has 1 aromatic carbocycles. The molecule has 0 atom stereocenters. The van der Waals surface area contributed by atoms with Crippen LogP contribution in [-0.4, -0.2) is 12.9 Å². The minimum Gasteiger partial charge on any atom is -0.496 e. The molecule has 1 aromatic rings. The zero-order valence-corrected chi connectivity index (χ0v) is 12.2. The van der Waals surface area contributed by atoms with Gasteiger partial charge in [-0.05, 0) is 47.0 Å². The van der Waals surface area contributed by atoms with Crippen LogP contribution < -0.4 is 10.5 Å². The topological polar surface area (TPSA) is 47.6 Å². The van der Waals surface area contributed by atoms with Gasteiger partial charge in [0, 0.05) is 5.92 Å². The van der Waals surface area contributed by atoms with Crippen molar-refractivity contribution in [1.29, 1.82) is 0 Å². The minimum absolute atomic E-state index is 0.458. The fraction of sp³-hybridized carbons (Fsp3) is 0.500. The average Bonchev–Trinajstić information content (AvgIpc) is 2.40. The third-order valence-electron chi connectivity index (χ3n) is 3.42. The zero-order valence-electron chi connectivity index (χ0n) is 10.7. The van der Waals surface area contributed by atoms with Gasteiger partial charge in [-0.2, -0.15) is 0 Å². The first-order valence-electron chi connectivity index (χ1n) is 6.38. The van der Waals surface area contributed by atoms with E-state index in [4.69, 9.17) is 10.5 Å². The molecule has 2 rings (SSSR count). The lowest BCUT2D eigenvalue weighted by molar-refractivity contribution is 0.412. The van der Waals surface area contributed by atoms with Gasteiger partial charge in [0.1, 0.15) is 11.6 Å². The lowest BCUT2D eigenvalue weighted by Crippen LogP contribution is -2.25. The predicted octanol–water partition coefficient (Wildman–Crippen LogP) is 4.03. The molecule has 0 radical (unpaired) electrons. The van der Waals surface area contributed by atoms with Crippen molar-refractivity contribution in [2.24, 2.45) is 16.6 Å². The highest BCUT2D eigenvalue weighted by Gasteiger charge is 2.16. The molecule has 3 nitrogen and oxygen atoms in total. The van der Waals surface area contributed by atoms with Gasteiger partial charge in [-0.1, -0.05) is 19.3 Å². The summed E-state index contributed by atoms with van der Waals surface area (Å²) in [7, 11) is 1.65. The van der Waals surface area contributed by atoms with E-state index in [1.807, 2.05) is 18.2 Å². The summed E-state index contributed by atoms with van der Waals surface area (Å²) in [5.74, 6) is 2.04. The third kappa shape index (κ3) is 3.25. The third-order valence-corrected chi connectivity index (χ3v) is 4.04. The second-order valence-electron chi connectivity index (χ2n) is 4.69. The lowest BCUT2D eigenvalue weighted by atomic mass is 9.88. The maximum absolute atomic E-state index is 6.10. The number of nitrogens with two attached hydrogens (primary N) is 1. The van der Waals surface area contributed by atoms with Crippen LogP contribution in [0.1, 0.15) is 32.1 Å². The van der Waals surface area contributed by atoms with E-state index in [1.165, 1.54) is 32.1 Å². The van der Waals surface area contributed by atoms with Gasteiger partial charge in [-0.3, -0.25) is 0 Å². The van der Waals surface area contributed by atoms with Crippen molar-refractivity contribution >= 4 is 27.5 Å². The number of ether oxygens (including phenoxy) is 1. The molecular weight excluding hydrogens is 292 g/mol. The number of amidine groups is 1. The molecule has 0 bridgehead atoms. The summed E-state index contributed by atoms with van der Waals surface area (Å²) in [6.07, 6.45) is 6.22. The average molecular weight is 311 g/mol. The number of aliphatic imine (C=N–C) groups is 1. The smallest absolute Gasteiger partial charge is 0.133 e. The number of rotatable bonds is 3. The summed E-state index contributed by atoms with van der Waals surface area (Å²) in [5.41, 5.74) is 6.98. The van der Waals surface area contributed by atoms with Crippen molar-refractivity contribution in [2.45, 2.75) is 32.1 Å². The molecule has 18 heavy (non-hydrogen) atoms.